The number of hydrogen-bond acceptors (Lipinski definition) is 3. The van der Waals surface area contributed by atoms with Crippen LogP contribution in [0.3, 0.4) is 0 Å². The van der Waals surface area contributed by atoms with Gasteiger partial charge >= 0.3 is 5.97 Å². The highest BCUT2D eigenvalue weighted by molar-refractivity contribution is 5.75. The van der Waals surface area contributed by atoms with Gasteiger partial charge in [0.2, 0.25) is 0 Å². The molecule has 3 N–H and O–H groups in total. The van der Waals surface area contributed by atoms with Crippen molar-refractivity contribution in [3.63, 3.8) is 0 Å². The van der Waals surface area contributed by atoms with Crippen LogP contribution in [0.2, 0.25) is 0 Å². The van der Waals surface area contributed by atoms with Gasteiger partial charge in [0.1, 0.15) is 6.04 Å². The topological polar surface area (TPSA) is 61.4 Å². The van der Waals surface area contributed by atoms with Crippen molar-refractivity contribution >= 4 is 5.97 Å². The second-order valence-electron chi connectivity index (χ2n) is 4.04. The number of aliphatic carboxylic acids is 1. The first-order chi connectivity index (χ1) is 7.77. The lowest BCUT2D eigenvalue weighted by Gasteiger charge is -2.19. The van der Waals surface area contributed by atoms with Gasteiger partial charge in [0.25, 0.3) is 0 Å². The van der Waals surface area contributed by atoms with Crippen LogP contribution < -0.4 is 10.6 Å². The Morgan fingerprint density at radius 2 is 2.19 bits per heavy atom. The number of hydrogen-bond donors (Lipinski definition) is 3. The molecule has 1 fully saturated rings. The van der Waals surface area contributed by atoms with Gasteiger partial charge < -0.3 is 10.4 Å². The number of carboxylic acid groups (broad SMARTS) is 1. The van der Waals surface area contributed by atoms with Crippen LogP contribution >= 0.6 is 0 Å². The zero-order chi connectivity index (χ0) is 11.4. The lowest BCUT2D eigenvalue weighted by Crippen LogP contribution is -2.38. The molecule has 4 heteroatoms. The molecule has 0 saturated carbocycles. The van der Waals surface area contributed by atoms with E-state index in [1.807, 2.05) is 30.3 Å². The Kier molecular flexibility index (Phi) is 3.54. The summed E-state index contributed by atoms with van der Waals surface area (Å²) in [6, 6.07) is 8.94. The molecule has 1 aromatic rings. The maximum absolute atomic E-state index is 11.2. The second kappa shape index (κ2) is 5.09. The highest BCUT2D eigenvalue weighted by atomic mass is 16.4. The minimum atomic E-state index is -0.821. The summed E-state index contributed by atoms with van der Waals surface area (Å²) in [7, 11) is 0. The molecule has 2 rings (SSSR count). The van der Waals surface area contributed by atoms with Gasteiger partial charge in [-0.15, -0.1) is 0 Å². The maximum Gasteiger partial charge on any atom is 0.325 e. The largest absolute Gasteiger partial charge is 0.480 e. The van der Waals surface area contributed by atoms with Crippen molar-refractivity contribution in [1.29, 1.82) is 0 Å². The molecular weight excluding hydrogens is 204 g/mol. The normalized spacial score (nSPS) is 21.9. The maximum atomic E-state index is 11.2. The fourth-order valence-corrected chi connectivity index (χ4v) is 1.99. The van der Waals surface area contributed by atoms with Crippen molar-refractivity contribution in [2.24, 2.45) is 0 Å². The smallest absolute Gasteiger partial charge is 0.325 e. The summed E-state index contributed by atoms with van der Waals surface area (Å²) in [5, 5.41) is 15.6. The van der Waals surface area contributed by atoms with Crippen LogP contribution in [-0.4, -0.2) is 30.2 Å². The summed E-state index contributed by atoms with van der Waals surface area (Å²) in [4.78, 5) is 11.2. The zero-order valence-corrected chi connectivity index (χ0v) is 9.02. The molecular formula is C12H16N2O2. The third-order valence-corrected chi connectivity index (χ3v) is 2.84. The monoisotopic (exact) mass is 220 g/mol. The van der Waals surface area contributed by atoms with Crippen LogP contribution in [0.1, 0.15) is 18.0 Å². The molecule has 1 aromatic carbocycles. The van der Waals surface area contributed by atoms with E-state index in [4.69, 9.17) is 0 Å². The molecule has 0 aromatic heterocycles. The summed E-state index contributed by atoms with van der Waals surface area (Å²) in [6.45, 7) is 1.80. The van der Waals surface area contributed by atoms with E-state index in [-0.39, 0.29) is 6.04 Å². The zero-order valence-electron chi connectivity index (χ0n) is 9.02. The average molecular weight is 220 g/mol. The van der Waals surface area contributed by atoms with E-state index in [0.29, 0.717) is 0 Å². The molecule has 4 nitrogen and oxygen atoms in total. The minimum Gasteiger partial charge on any atom is -0.480 e. The van der Waals surface area contributed by atoms with Gasteiger partial charge in [0.05, 0.1) is 0 Å². The number of carbonyl (C=O) groups is 1. The number of carboxylic acids is 1. The van der Waals surface area contributed by atoms with Gasteiger partial charge in [-0.25, -0.2) is 0 Å². The van der Waals surface area contributed by atoms with Gasteiger partial charge in [-0.1, -0.05) is 30.3 Å². The van der Waals surface area contributed by atoms with Crippen LogP contribution in [0.25, 0.3) is 0 Å². The van der Waals surface area contributed by atoms with Crippen LogP contribution in [0.15, 0.2) is 30.3 Å². The Labute approximate surface area is 94.7 Å². The van der Waals surface area contributed by atoms with Crippen molar-refractivity contribution in [2.75, 3.05) is 13.1 Å². The highest BCUT2D eigenvalue weighted by Gasteiger charge is 2.24. The first-order valence-corrected chi connectivity index (χ1v) is 5.52. The van der Waals surface area contributed by atoms with Crippen LogP contribution in [0, 0.1) is 0 Å². The molecule has 86 valence electrons. The summed E-state index contributed by atoms with van der Waals surface area (Å²) in [6.07, 6.45) is 0.983. The van der Waals surface area contributed by atoms with E-state index in [1.165, 1.54) is 0 Å². The summed E-state index contributed by atoms with van der Waals surface area (Å²) < 4.78 is 0. The van der Waals surface area contributed by atoms with E-state index in [1.54, 1.807) is 0 Å². The molecule has 2 atom stereocenters. The fourth-order valence-electron chi connectivity index (χ4n) is 1.99. The third-order valence-electron chi connectivity index (χ3n) is 2.84. The molecule has 1 aliphatic rings. The minimum absolute atomic E-state index is 0.251. The number of benzene rings is 1. The predicted molar refractivity (Wildman–Crippen MR) is 61.2 cm³/mol. The molecule has 1 heterocycles. The molecule has 1 saturated heterocycles. The van der Waals surface area contributed by atoms with Crippen molar-refractivity contribution < 1.29 is 9.90 Å². The van der Waals surface area contributed by atoms with Crippen LogP contribution in [-0.2, 0) is 4.79 Å². The van der Waals surface area contributed by atoms with Crippen LogP contribution in [0.5, 0.6) is 0 Å². The van der Waals surface area contributed by atoms with Gasteiger partial charge in [0, 0.05) is 12.6 Å². The van der Waals surface area contributed by atoms with E-state index in [0.717, 1.165) is 25.1 Å². The predicted octanol–water partition coefficient (Wildman–Crippen LogP) is 0.764. The molecule has 0 aliphatic carbocycles. The molecule has 0 amide bonds. The molecule has 16 heavy (non-hydrogen) atoms. The summed E-state index contributed by atoms with van der Waals surface area (Å²) in [5.74, 6) is -0.821. The average Bonchev–Trinajstić information content (AvgIpc) is 2.79. The molecule has 1 unspecified atom stereocenters. The SMILES string of the molecule is O=C(O)[C@H](NC1CCNC1)c1ccccc1. The van der Waals surface area contributed by atoms with Gasteiger partial charge in [-0.05, 0) is 18.5 Å². The second-order valence-corrected chi connectivity index (χ2v) is 4.04. The lowest BCUT2D eigenvalue weighted by molar-refractivity contribution is -0.139. The molecule has 1 aliphatic heterocycles. The van der Waals surface area contributed by atoms with E-state index >= 15 is 0 Å². The Morgan fingerprint density at radius 1 is 1.44 bits per heavy atom. The van der Waals surface area contributed by atoms with Crippen molar-refractivity contribution in [1.82, 2.24) is 10.6 Å². The number of rotatable bonds is 4. The molecule has 0 radical (unpaired) electrons. The lowest BCUT2D eigenvalue weighted by atomic mass is 10.1. The van der Waals surface area contributed by atoms with Gasteiger partial charge in [-0.3, -0.25) is 10.1 Å². The van der Waals surface area contributed by atoms with E-state index in [2.05, 4.69) is 10.6 Å². The molecule has 0 bridgehead atoms. The Morgan fingerprint density at radius 3 is 2.75 bits per heavy atom. The molecule has 0 spiro atoms. The van der Waals surface area contributed by atoms with E-state index in [9.17, 15) is 9.90 Å². The van der Waals surface area contributed by atoms with Crippen molar-refractivity contribution in [3.05, 3.63) is 35.9 Å². The van der Waals surface area contributed by atoms with Crippen molar-refractivity contribution in [2.45, 2.75) is 18.5 Å². The fraction of sp³-hybridized carbons (Fsp3) is 0.417. The standard InChI is InChI=1S/C12H16N2O2/c15-12(16)11(9-4-2-1-3-5-9)14-10-6-7-13-8-10/h1-5,10-11,13-14H,6-8H2,(H,15,16)/t10?,11-/m1/s1. The first kappa shape index (κ1) is 11.1. The third kappa shape index (κ3) is 2.59. The van der Waals surface area contributed by atoms with Gasteiger partial charge in [-0.2, -0.15) is 0 Å². The Hall–Kier alpha value is -1.39. The van der Waals surface area contributed by atoms with E-state index < -0.39 is 12.0 Å². The highest BCUT2D eigenvalue weighted by Crippen LogP contribution is 2.14. The Balaban J connectivity index is 2.08. The summed E-state index contributed by atoms with van der Waals surface area (Å²) >= 11 is 0. The first-order valence-electron chi connectivity index (χ1n) is 5.52. The van der Waals surface area contributed by atoms with Crippen molar-refractivity contribution in [3.8, 4) is 0 Å². The van der Waals surface area contributed by atoms with Gasteiger partial charge in [0.15, 0.2) is 0 Å². The quantitative estimate of drug-likeness (QED) is 0.701. The Bertz CT molecular complexity index is 347. The van der Waals surface area contributed by atoms with Crippen LogP contribution in [0.4, 0.5) is 0 Å². The summed E-state index contributed by atoms with van der Waals surface area (Å²) in [5.41, 5.74) is 0.807. The number of nitrogens with one attached hydrogen (secondary N) is 2.